The molecule has 8 nitrogen and oxygen atoms in total. The Hall–Kier alpha value is -2.74. The summed E-state index contributed by atoms with van der Waals surface area (Å²) in [6.07, 6.45) is 5.87. The highest BCUT2D eigenvalue weighted by atomic mass is 16.5. The highest BCUT2D eigenvalue weighted by Crippen LogP contribution is 2.27. The van der Waals surface area contributed by atoms with E-state index in [-0.39, 0.29) is 12.0 Å². The van der Waals surface area contributed by atoms with Crippen molar-refractivity contribution in [1.82, 2.24) is 24.5 Å². The topological polar surface area (TPSA) is 98.0 Å². The predicted molar refractivity (Wildman–Crippen MR) is 80.8 cm³/mol. The van der Waals surface area contributed by atoms with Crippen molar-refractivity contribution in [1.29, 1.82) is 0 Å². The number of pyridine rings is 1. The van der Waals surface area contributed by atoms with Crippen molar-refractivity contribution in [3.8, 4) is 5.75 Å². The van der Waals surface area contributed by atoms with Crippen molar-refractivity contribution in [2.45, 2.75) is 20.1 Å². The molecule has 0 saturated carbocycles. The Morgan fingerprint density at radius 3 is 3.00 bits per heavy atom. The Balaban J connectivity index is 2.00. The number of anilines is 2. The third kappa shape index (κ3) is 2.56. The Labute approximate surface area is 126 Å². The minimum absolute atomic E-state index is 0.0383. The Morgan fingerprint density at radius 1 is 1.36 bits per heavy atom. The number of hydrogen-bond donors (Lipinski definition) is 2. The fourth-order valence-corrected chi connectivity index (χ4v) is 2.15. The van der Waals surface area contributed by atoms with Gasteiger partial charge >= 0.3 is 0 Å². The molecule has 8 heteroatoms. The summed E-state index contributed by atoms with van der Waals surface area (Å²) in [4.78, 5) is 16.6. The summed E-state index contributed by atoms with van der Waals surface area (Å²) in [5, 5.41) is 12.8. The van der Waals surface area contributed by atoms with Gasteiger partial charge in [-0.05, 0) is 19.9 Å². The molecule has 1 unspecified atom stereocenters. The van der Waals surface area contributed by atoms with Gasteiger partial charge in [-0.2, -0.15) is 0 Å². The van der Waals surface area contributed by atoms with Crippen LogP contribution >= 0.6 is 0 Å². The molecule has 0 amide bonds. The van der Waals surface area contributed by atoms with Gasteiger partial charge in [-0.1, -0.05) is 0 Å². The average Bonchev–Trinajstić information content (AvgIpc) is 2.95. The standard InChI is InChI=1S/C14H16N6O2/c1-3-22-9(2)20-8-18-12-13(16-7-17-14(12)20)19-10-4-5-15-6-11(10)21/h4-9,21H,3H2,1-2H3,(H,15,16,17,19). The number of imidazole rings is 1. The quantitative estimate of drug-likeness (QED) is 0.745. The lowest BCUT2D eigenvalue weighted by Crippen LogP contribution is -2.08. The third-order valence-corrected chi connectivity index (χ3v) is 3.21. The fraction of sp³-hybridized carbons (Fsp3) is 0.286. The van der Waals surface area contributed by atoms with Crippen LogP contribution in [0.4, 0.5) is 11.5 Å². The zero-order valence-electron chi connectivity index (χ0n) is 12.3. The normalized spacial score (nSPS) is 12.5. The summed E-state index contributed by atoms with van der Waals surface area (Å²) in [6.45, 7) is 4.46. The van der Waals surface area contributed by atoms with E-state index in [4.69, 9.17) is 4.74 Å². The summed E-state index contributed by atoms with van der Waals surface area (Å²) in [7, 11) is 0. The summed E-state index contributed by atoms with van der Waals surface area (Å²) >= 11 is 0. The predicted octanol–water partition coefficient (Wildman–Crippen LogP) is 2.23. The second-order valence-corrected chi connectivity index (χ2v) is 4.62. The van der Waals surface area contributed by atoms with Gasteiger partial charge in [0.2, 0.25) is 0 Å². The first-order valence-electron chi connectivity index (χ1n) is 6.89. The molecule has 3 aromatic heterocycles. The number of fused-ring (bicyclic) bond motifs is 1. The highest BCUT2D eigenvalue weighted by Gasteiger charge is 2.14. The van der Waals surface area contributed by atoms with Gasteiger partial charge in [0, 0.05) is 12.8 Å². The van der Waals surface area contributed by atoms with Gasteiger partial charge in [-0.3, -0.25) is 9.55 Å². The van der Waals surface area contributed by atoms with Crippen LogP contribution in [0.15, 0.2) is 31.1 Å². The minimum Gasteiger partial charge on any atom is -0.504 e. The summed E-state index contributed by atoms with van der Waals surface area (Å²) in [6, 6.07) is 1.66. The Kier molecular flexibility index (Phi) is 3.84. The second kappa shape index (κ2) is 5.94. The number of nitrogens with zero attached hydrogens (tertiary/aromatic N) is 5. The number of rotatable bonds is 5. The zero-order valence-corrected chi connectivity index (χ0v) is 12.3. The second-order valence-electron chi connectivity index (χ2n) is 4.62. The number of nitrogens with one attached hydrogen (secondary N) is 1. The average molecular weight is 300 g/mol. The van der Waals surface area contributed by atoms with Gasteiger partial charge in [0.05, 0.1) is 18.2 Å². The van der Waals surface area contributed by atoms with Gasteiger partial charge in [0.15, 0.2) is 22.7 Å². The van der Waals surface area contributed by atoms with Crippen LogP contribution in [0.25, 0.3) is 11.2 Å². The molecular formula is C14H16N6O2. The molecule has 0 saturated heterocycles. The van der Waals surface area contributed by atoms with Gasteiger partial charge in [0.25, 0.3) is 0 Å². The van der Waals surface area contributed by atoms with Gasteiger partial charge in [-0.25, -0.2) is 15.0 Å². The summed E-state index contributed by atoms with van der Waals surface area (Å²) in [5.74, 6) is 0.547. The lowest BCUT2D eigenvalue weighted by molar-refractivity contribution is 0.0272. The maximum absolute atomic E-state index is 9.79. The first-order chi connectivity index (χ1) is 10.7. The van der Waals surface area contributed by atoms with Crippen LogP contribution in [0.3, 0.4) is 0 Å². The van der Waals surface area contributed by atoms with E-state index in [1.165, 1.54) is 12.5 Å². The van der Waals surface area contributed by atoms with E-state index in [1.807, 2.05) is 18.4 Å². The van der Waals surface area contributed by atoms with E-state index >= 15 is 0 Å². The lowest BCUT2D eigenvalue weighted by atomic mass is 10.3. The molecule has 2 N–H and O–H groups in total. The van der Waals surface area contributed by atoms with Crippen molar-refractivity contribution < 1.29 is 9.84 Å². The molecule has 22 heavy (non-hydrogen) atoms. The summed E-state index contributed by atoms with van der Waals surface area (Å²) < 4.78 is 7.40. The van der Waals surface area contributed by atoms with Crippen LogP contribution < -0.4 is 5.32 Å². The minimum atomic E-state index is -0.174. The van der Waals surface area contributed by atoms with E-state index in [0.717, 1.165) is 0 Å². The smallest absolute Gasteiger partial charge is 0.167 e. The molecule has 3 heterocycles. The van der Waals surface area contributed by atoms with Crippen LogP contribution in [-0.2, 0) is 4.74 Å². The molecule has 0 aromatic carbocycles. The molecule has 0 aliphatic heterocycles. The molecule has 0 spiro atoms. The van der Waals surface area contributed by atoms with E-state index in [1.54, 1.807) is 18.6 Å². The Bertz CT molecular complexity index is 788. The van der Waals surface area contributed by atoms with Crippen LogP contribution in [0.2, 0.25) is 0 Å². The van der Waals surface area contributed by atoms with Gasteiger partial charge in [0.1, 0.15) is 12.6 Å². The van der Waals surface area contributed by atoms with Crippen molar-refractivity contribution in [3.05, 3.63) is 31.1 Å². The molecule has 0 bridgehead atoms. The van der Waals surface area contributed by atoms with Crippen molar-refractivity contribution in [2.75, 3.05) is 11.9 Å². The molecule has 3 aromatic rings. The van der Waals surface area contributed by atoms with Crippen LogP contribution in [0.1, 0.15) is 20.1 Å². The largest absolute Gasteiger partial charge is 0.504 e. The highest BCUT2D eigenvalue weighted by molar-refractivity contribution is 5.85. The lowest BCUT2D eigenvalue weighted by Gasteiger charge is -2.13. The van der Waals surface area contributed by atoms with Gasteiger partial charge < -0.3 is 15.2 Å². The van der Waals surface area contributed by atoms with E-state index in [9.17, 15) is 5.11 Å². The third-order valence-electron chi connectivity index (χ3n) is 3.21. The van der Waals surface area contributed by atoms with E-state index < -0.39 is 0 Å². The molecule has 114 valence electrons. The number of ether oxygens (including phenoxy) is 1. The maximum Gasteiger partial charge on any atom is 0.167 e. The number of aromatic hydroxyl groups is 1. The molecule has 0 radical (unpaired) electrons. The number of aromatic nitrogens is 5. The fourth-order valence-electron chi connectivity index (χ4n) is 2.15. The molecule has 0 fully saturated rings. The van der Waals surface area contributed by atoms with Crippen LogP contribution in [-0.4, -0.2) is 36.2 Å². The molecule has 3 rings (SSSR count). The van der Waals surface area contributed by atoms with Crippen molar-refractivity contribution >= 4 is 22.7 Å². The first-order valence-corrected chi connectivity index (χ1v) is 6.89. The number of hydrogen-bond acceptors (Lipinski definition) is 7. The van der Waals surface area contributed by atoms with Crippen LogP contribution in [0, 0.1) is 0 Å². The molecule has 0 aliphatic rings. The molecular weight excluding hydrogens is 284 g/mol. The molecule has 1 atom stereocenters. The zero-order chi connectivity index (χ0) is 15.5. The monoisotopic (exact) mass is 300 g/mol. The van der Waals surface area contributed by atoms with Crippen molar-refractivity contribution in [3.63, 3.8) is 0 Å². The molecule has 0 aliphatic carbocycles. The van der Waals surface area contributed by atoms with E-state index in [2.05, 4.69) is 25.3 Å². The van der Waals surface area contributed by atoms with E-state index in [0.29, 0.717) is 29.3 Å². The summed E-state index contributed by atoms with van der Waals surface area (Å²) in [5.41, 5.74) is 1.76. The Morgan fingerprint density at radius 2 is 2.23 bits per heavy atom. The first kappa shape index (κ1) is 14.2. The van der Waals surface area contributed by atoms with Crippen LogP contribution in [0.5, 0.6) is 5.75 Å². The maximum atomic E-state index is 9.79. The SMILES string of the molecule is CCOC(C)n1cnc2c(Nc3ccncc3O)ncnc21. The van der Waals surface area contributed by atoms with Crippen molar-refractivity contribution in [2.24, 2.45) is 0 Å². The van der Waals surface area contributed by atoms with Gasteiger partial charge in [-0.15, -0.1) is 0 Å².